The summed E-state index contributed by atoms with van der Waals surface area (Å²) in [4.78, 5) is 2.63. The summed E-state index contributed by atoms with van der Waals surface area (Å²) in [5.74, 6) is 0.976. The maximum Gasteiger partial charge on any atom is 0.0480 e. The van der Waals surface area contributed by atoms with Gasteiger partial charge in [0.2, 0.25) is 0 Å². The van der Waals surface area contributed by atoms with Gasteiger partial charge in [0.1, 0.15) is 0 Å². The zero-order valence-corrected chi connectivity index (χ0v) is 11.9. The molecule has 1 aromatic carbocycles. The van der Waals surface area contributed by atoms with Crippen LogP contribution >= 0.6 is 0 Å². The molecule has 3 rings (SSSR count). The van der Waals surface area contributed by atoms with Gasteiger partial charge in [-0.05, 0) is 49.4 Å². The fourth-order valence-corrected chi connectivity index (χ4v) is 3.20. The Kier molecular flexibility index (Phi) is 3.88. The highest BCUT2D eigenvalue weighted by Gasteiger charge is 2.17. The van der Waals surface area contributed by atoms with Gasteiger partial charge in [0, 0.05) is 24.8 Å². The molecule has 1 aliphatic heterocycles. The first-order chi connectivity index (χ1) is 9.36. The van der Waals surface area contributed by atoms with Gasteiger partial charge >= 0.3 is 0 Å². The van der Waals surface area contributed by atoms with Gasteiger partial charge < -0.3 is 9.47 Å². The van der Waals surface area contributed by atoms with E-state index in [-0.39, 0.29) is 0 Å². The van der Waals surface area contributed by atoms with Gasteiger partial charge in [-0.3, -0.25) is 0 Å². The predicted octanol–water partition coefficient (Wildman–Crippen LogP) is 3.76. The molecule has 0 saturated carbocycles. The highest BCUT2D eigenvalue weighted by Crippen LogP contribution is 2.20. The third-order valence-corrected chi connectivity index (χ3v) is 4.62. The number of aromatic nitrogens is 1. The van der Waals surface area contributed by atoms with Crippen molar-refractivity contribution in [1.82, 2.24) is 9.47 Å². The monoisotopic (exact) mass is 256 g/mol. The molecule has 0 aliphatic carbocycles. The third kappa shape index (κ3) is 2.84. The van der Waals surface area contributed by atoms with E-state index in [9.17, 15) is 0 Å². The molecule has 19 heavy (non-hydrogen) atoms. The summed E-state index contributed by atoms with van der Waals surface area (Å²) in [6.07, 6.45) is 6.37. The Morgan fingerprint density at radius 2 is 1.84 bits per heavy atom. The summed E-state index contributed by atoms with van der Waals surface area (Å²) in [7, 11) is 0. The van der Waals surface area contributed by atoms with Crippen LogP contribution in [0.15, 0.2) is 36.5 Å². The molecule has 102 valence electrons. The van der Waals surface area contributed by atoms with E-state index in [1.807, 2.05) is 0 Å². The number of likely N-dealkylation sites (tertiary alicyclic amines) is 1. The minimum atomic E-state index is 0.976. The highest BCUT2D eigenvalue weighted by molar-refractivity contribution is 5.79. The fraction of sp³-hybridized carbons (Fsp3) is 0.529. The minimum Gasteiger partial charge on any atom is -0.346 e. The summed E-state index contributed by atoms with van der Waals surface area (Å²) in [5, 5.41) is 1.35. The SMILES string of the molecule is CCC1CCN(CCn2ccc3ccccc32)CC1. The van der Waals surface area contributed by atoms with E-state index < -0.39 is 0 Å². The molecule has 0 radical (unpaired) electrons. The molecule has 1 aromatic heterocycles. The number of hydrogen-bond acceptors (Lipinski definition) is 1. The number of fused-ring (bicyclic) bond motifs is 1. The van der Waals surface area contributed by atoms with Crippen LogP contribution in [0.25, 0.3) is 10.9 Å². The Labute approximate surface area is 116 Å². The Bertz CT molecular complexity index is 521. The van der Waals surface area contributed by atoms with E-state index in [0.29, 0.717) is 0 Å². The van der Waals surface area contributed by atoms with Crippen LogP contribution < -0.4 is 0 Å². The van der Waals surface area contributed by atoms with Gasteiger partial charge in [-0.15, -0.1) is 0 Å². The largest absolute Gasteiger partial charge is 0.346 e. The second-order valence-corrected chi connectivity index (χ2v) is 5.76. The molecule has 0 atom stereocenters. The summed E-state index contributed by atoms with van der Waals surface area (Å²) < 4.78 is 2.39. The average Bonchev–Trinajstić information content (AvgIpc) is 2.89. The van der Waals surface area contributed by atoms with Crippen molar-refractivity contribution in [2.24, 2.45) is 5.92 Å². The molecule has 2 heteroatoms. The van der Waals surface area contributed by atoms with E-state index in [1.165, 1.54) is 49.8 Å². The number of rotatable bonds is 4. The van der Waals surface area contributed by atoms with Gasteiger partial charge in [-0.2, -0.15) is 0 Å². The standard InChI is InChI=1S/C17H24N2/c1-2-15-7-10-18(11-8-15)13-14-19-12-9-16-5-3-4-6-17(16)19/h3-6,9,12,15H,2,7-8,10-11,13-14H2,1H3. The van der Waals surface area contributed by atoms with Gasteiger partial charge in [-0.25, -0.2) is 0 Å². The summed E-state index contributed by atoms with van der Waals surface area (Å²) in [6.45, 7) is 7.21. The van der Waals surface area contributed by atoms with E-state index in [4.69, 9.17) is 0 Å². The lowest BCUT2D eigenvalue weighted by atomic mass is 9.94. The van der Waals surface area contributed by atoms with Crippen molar-refractivity contribution in [2.75, 3.05) is 19.6 Å². The Hall–Kier alpha value is -1.28. The Balaban J connectivity index is 1.58. The van der Waals surface area contributed by atoms with Crippen LogP contribution in [-0.4, -0.2) is 29.1 Å². The minimum absolute atomic E-state index is 0.976. The fourth-order valence-electron chi connectivity index (χ4n) is 3.20. The predicted molar refractivity (Wildman–Crippen MR) is 81.4 cm³/mol. The first-order valence-electron chi connectivity index (χ1n) is 7.63. The first kappa shape index (κ1) is 12.7. The second kappa shape index (κ2) is 5.79. The molecular weight excluding hydrogens is 232 g/mol. The first-order valence-corrected chi connectivity index (χ1v) is 7.63. The molecule has 1 fully saturated rings. The van der Waals surface area contributed by atoms with Gasteiger partial charge in [0.05, 0.1) is 0 Å². The summed E-state index contributed by atoms with van der Waals surface area (Å²) in [6, 6.07) is 10.9. The van der Waals surface area contributed by atoms with E-state index in [0.717, 1.165) is 12.5 Å². The highest BCUT2D eigenvalue weighted by atomic mass is 15.1. The summed E-state index contributed by atoms with van der Waals surface area (Å²) >= 11 is 0. The summed E-state index contributed by atoms with van der Waals surface area (Å²) in [5.41, 5.74) is 1.37. The normalized spacial score (nSPS) is 18.2. The molecule has 0 amide bonds. The molecule has 0 unspecified atom stereocenters. The van der Waals surface area contributed by atoms with Crippen LogP contribution in [0.1, 0.15) is 26.2 Å². The topological polar surface area (TPSA) is 8.17 Å². The smallest absolute Gasteiger partial charge is 0.0480 e. The zero-order chi connectivity index (χ0) is 13.1. The molecule has 2 nitrogen and oxygen atoms in total. The van der Waals surface area contributed by atoms with Crippen molar-refractivity contribution >= 4 is 10.9 Å². The third-order valence-electron chi connectivity index (χ3n) is 4.62. The lowest BCUT2D eigenvalue weighted by Gasteiger charge is -2.31. The van der Waals surface area contributed by atoms with Gasteiger partial charge in [0.25, 0.3) is 0 Å². The number of hydrogen-bond donors (Lipinski definition) is 0. The number of para-hydroxylation sites is 1. The number of benzene rings is 1. The Morgan fingerprint density at radius 3 is 2.63 bits per heavy atom. The average molecular weight is 256 g/mol. The zero-order valence-electron chi connectivity index (χ0n) is 11.9. The quantitative estimate of drug-likeness (QED) is 0.808. The molecular formula is C17H24N2. The van der Waals surface area contributed by atoms with E-state index >= 15 is 0 Å². The van der Waals surface area contributed by atoms with Crippen LogP contribution in [-0.2, 0) is 6.54 Å². The van der Waals surface area contributed by atoms with E-state index in [2.05, 4.69) is 52.9 Å². The molecule has 2 aromatic rings. The van der Waals surface area contributed by atoms with Crippen LogP contribution in [0, 0.1) is 5.92 Å². The van der Waals surface area contributed by atoms with Crippen molar-refractivity contribution in [3.05, 3.63) is 36.5 Å². The van der Waals surface area contributed by atoms with Crippen molar-refractivity contribution in [3.63, 3.8) is 0 Å². The number of nitrogens with zero attached hydrogens (tertiary/aromatic N) is 2. The lowest BCUT2D eigenvalue weighted by molar-refractivity contribution is 0.177. The van der Waals surface area contributed by atoms with Crippen molar-refractivity contribution < 1.29 is 0 Å². The van der Waals surface area contributed by atoms with Crippen molar-refractivity contribution in [1.29, 1.82) is 0 Å². The van der Waals surface area contributed by atoms with Crippen molar-refractivity contribution in [2.45, 2.75) is 32.7 Å². The van der Waals surface area contributed by atoms with Gasteiger partial charge in [-0.1, -0.05) is 31.5 Å². The van der Waals surface area contributed by atoms with Crippen molar-refractivity contribution in [3.8, 4) is 0 Å². The lowest BCUT2D eigenvalue weighted by Crippen LogP contribution is -2.35. The van der Waals surface area contributed by atoms with E-state index in [1.54, 1.807) is 0 Å². The molecule has 1 saturated heterocycles. The maximum atomic E-state index is 2.63. The van der Waals surface area contributed by atoms with Gasteiger partial charge in [0.15, 0.2) is 0 Å². The second-order valence-electron chi connectivity index (χ2n) is 5.76. The molecule has 0 bridgehead atoms. The van der Waals surface area contributed by atoms with Crippen LogP contribution in [0.3, 0.4) is 0 Å². The number of piperidine rings is 1. The molecule has 0 spiro atoms. The maximum absolute atomic E-state index is 2.63. The molecule has 2 heterocycles. The van der Waals surface area contributed by atoms with Crippen LogP contribution in [0.2, 0.25) is 0 Å². The molecule has 0 N–H and O–H groups in total. The molecule has 1 aliphatic rings. The van der Waals surface area contributed by atoms with Crippen LogP contribution in [0.4, 0.5) is 0 Å². The Morgan fingerprint density at radius 1 is 1.05 bits per heavy atom. The van der Waals surface area contributed by atoms with Crippen LogP contribution in [0.5, 0.6) is 0 Å².